The smallest absolute Gasteiger partial charge is 0.135 e. The van der Waals surface area contributed by atoms with Crippen LogP contribution in [0.5, 0.6) is 0 Å². The molecule has 0 radical (unpaired) electrons. The molecule has 2 heteroatoms. The standard InChI is InChI=1S/C18H25ClO/c1-11-9-15(5-8-18(20)14(11)4)17-7-6-16(19)10-12(2)13(17)3/h6-7,10-11,13-15H,5,8-9H2,1-4H3/t11?,13?,14?,15-/m0/s1. The number of allylic oxidation sites excluding steroid dienone is 6. The molecule has 110 valence electrons. The molecule has 1 nitrogen and oxygen atoms in total. The van der Waals surface area contributed by atoms with Crippen LogP contribution in [0, 0.1) is 23.7 Å². The summed E-state index contributed by atoms with van der Waals surface area (Å²) in [6, 6.07) is 0. The highest BCUT2D eigenvalue weighted by Crippen LogP contribution is 2.39. The first-order chi connectivity index (χ1) is 9.40. The van der Waals surface area contributed by atoms with E-state index in [1.54, 1.807) is 0 Å². The molecule has 0 bridgehead atoms. The minimum absolute atomic E-state index is 0.206. The first-order valence-electron chi connectivity index (χ1n) is 7.68. The average Bonchev–Trinajstić information content (AvgIpc) is 2.60. The predicted molar refractivity (Wildman–Crippen MR) is 85.6 cm³/mol. The Labute approximate surface area is 127 Å². The monoisotopic (exact) mass is 292 g/mol. The Kier molecular flexibility index (Phi) is 4.90. The van der Waals surface area contributed by atoms with Gasteiger partial charge in [-0.05, 0) is 49.7 Å². The number of carbonyl (C=O) groups is 1. The van der Waals surface area contributed by atoms with Crippen molar-refractivity contribution < 1.29 is 4.79 Å². The number of carbonyl (C=O) groups excluding carboxylic acids is 1. The van der Waals surface area contributed by atoms with E-state index in [1.807, 2.05) is 6.08 Å². The molecule has 2 aliphatic carbocycles. The Bertz CT molecular complexity index is 484. The zero-order valence-electron chi connectivity index (χ0n) is 12.9. The Morgan fingerprint density at radius 1 is 1.20 bits per heavy atom. The molecule has 0 aromatic rings. The molecule has 0 saturated heterocycles. The van der Waals surface area contributed by atoms with Gasteiger partial charge in [-0.15, -0.1) is 0 Å². The second-order valence-electron chi connectivity index (χ2n) is 6.53. The minimum Gasteiger partial charge on any atom is -0.299 e. The molecule has 0 aliphatic heterocycles. The highest BCUT2D eigenvalue weighted by atomic mass is 35.5. The van der Waals surface area contributed by atoms with E-state index in [2.05, 4.69) is 39.8 Å². The normalized spacial score (nSPS) is 35.6. The third-order valence-electron chi connectivity index (χ3n) is 5.21. The van der Waals surface area contributed by atoms with Crippen molar-refractivity contribution >= 4 is 17.4 Å². The molecule has 1 saturated carbocycles. The fourth-order valence-electron chi connectivity index (χ4n) is 3.40. The third-order valence-corrected chi connectivity index (χ3v) is 5.45. The van der Waals surface area contributed by atoms with Crippen molar-refractivity contribution in [3.05, 3.63) is 34.4 Å². The molecule has 3 unspecified atom stereocenters. The van der Waals surface area contributed by atoms with Gasteiger partial charge in [-0.2, -0.15) is 0 Å². The van der Waals surface area contributed by atoms with Gasteiger partial charge in [0, 0.05) is 17.4 Å². The van der Waals surface area contributed by atoms with Gasteiger partial charge < -0.3 is 0 Å². The Morgan fingerprint density at radius 2 is 1.90 bits per heavy atom. The molecule has 0 heterocycles. The molecule has 2 aliphatic rings. The highest BCUT2D eigenvalue weighted by Gasteiger charge is 2.31. The summed E-state index contributed by atoms with van der Waals surface area (Å²) in [5.74, 6) is 2.04. The molecular formula is C18H25ClO. The molecule has 0 N–H and O–H groups in total. The minimum atomic E-state index is 0.206. The largest absolute Gasteiger partial charge is 0.299 e. The van der Waals surface area contributed by atoms with Crippen molar-refractivity contribution in [1.29, 1.82) is 0 Å². The van der Waals surface area contributed by atoms with Crippen LogP contribution >= 0.6 is 11.6 Å². The summed E-state index contributed by atoms with van der Waals surface area (Å²) in [4.78, 5) is 12.1. The van der Waals surface area contributed by atoms with Gasteiger partial charge in [-0.3, -0.25) is 4.79 Å². The van der Waals surface area contributed by atoms with E-state index in [-0.39, 0.29) is 5.92 Å². The van der Waals surface area contributed by atoms with Crippen molar-refractivity contribution in [2.24, 2.45) is 23.7 Å². The van der Waals surface area contributed by atoms with E-state index in [9.17, 15) is 4.79 Å². The molecular weight excluding hydrogens is 268 g/mol. The van der Waals surface area contributed by atoms with Crippen molar-refractivity contribution in [2.45, 2.75) is 47.0 Å². The SMILES string of the molecule is CC1=CC(Cl)=CC=C([C@H]2CCC(=O)C(C)C(C)C2)C1C. The maximum Gasteiger partial charge on any atom is 0.135 e. The quantitative estimate of drug-likeness (QED) is 0.602. The second kappa shape index (κ2) is 6.30. The Balaban J connectivity index is 2.26. The predicted octanol–water partition coefficient (Wildman–Crippen LogP) is 5.27. The van der Waals surface area contributed by atoms with Gasteiger partial charge in [-0.25, -0.2) is 0 Å². The van der Waals surface area contributed by atoms with Gasteiger partial charge in [0.05, 0.1) is 0 Å². The van der Waals surface area contributed by atoms with Crippen LogP contribution in [0.15, 0.2) is 34.4 Å². The van der Waals surface area contributed by atoms with Crippen LogP contribution in [0.25, 0.3) is 0 Å². The van der Waals surface area contributed by atoms with Crippen molar-refractivity contribution in [3.63, 3.8) is 0 Å². The lowest BCUT2D eigenvalue weighted by atomic mass is 9.79. The van der Waals surface area contributed by atoms with Crippen LogP contribution in [0.4, 0.5) is 0 Å². The van der Waals surface area contributed by atoms with Crippen molar-refractivity contribution in [3.8, 4) is 0 Å². The molecule has 2 rings (SSSR count). The second-order valence-corrected chi connectivity index (χ2v) is 6.97. The number of rotatable bonds is 1. The van der Waals surface area contributed by atoms with Crippen LogP contribution in [0.1, 0.15) is 47.0 Å². The molecule has 4 atom stereocenters. The van der Waals surface area contributed by atoms with E-state index in [4.69, 9.17) is 11.6 Å². The Hall–Kier alpha value is -0.820. The zero-order chi connectivity index (χ0) is 14.9. The van der Waals surface area contributed by atoms with Crippen LogP contribution < -0.4 is 0 Å². The summed E-state index contributed by atoms with van der Waals surface area (Å²) in [5.41, 5.74) is 2.76. The lowest BCUT2D eigenvalue weighted by Crippen LogP contribution is -2.17. The summed E-state index contributed by atoms with van der Waals surface area (Å²) < 4.78 is 0. The maximum absolute atomic E-state index is 12.1. The van der Waals surface area contributed by atoms with Crippen LogP contribution in [0.2, 0.25) is 0 Å². The summed E-state index contributed by atoms with van der Waals surface area (Å²) in [5, 5.41) is 0.801. The van der Waals surface area contributed by atoms with Crippen LogP contribution in [-0.2, 0) is 4.79 Å². The number of Topliss-reactive ketones (excluding diaryl/α,β-unsaturated/α-hetero) is 1. The molecule has 0 aromatic carbocycles. The summed E-state index contributed by atoms with van der Waals surface area (Å²) in [6.07, 6.45) is 9.08. The van der Waals surface area contributed by atoms with Gasteiger partial charge >= 0.3 is 0 Å². The number of halogens is 1. The van der Waals surface area contributed by atoms with Crippen LogP contribution in [0.3, 0.4) is 0 Å². The van der Waals surface area contributed by atoms with E-state index in [0.717, 1.165) is 24.3 Å². The third kappa shape index (κ3) is 3.25. The number of hydrogen-bond donors (Lipinski definition) is 0. The van der Waals surface area contributed by atoms with Gasteiger partial charge in [-0.1, -0.05) is 49.6 Å². The van der Waals surface area contributed by atoms with Gasteiger partial charge in [0.1, 0.15) is 5.78 Å². The van der Waals surface area contributed by atoms with E-state index in [1.165, 1.54) is 11.1 Å². The highest BCUT2D eigenvalue weighted by molar-refractivity contribution is 6.31. The first kappa shape index (κ1) is 15.6. The van der Waals surface area contributed by atoms with Gasteiger partial charge in [0.15, 0.2) is 0 Å². The van der Waals surface area contributed by atoms with E-state index >= 15 is 0 Å². The number of ketones is 1. The van der Waals surface area contributed by atoms with Gasteiger partial charge in [0.2, 0.25) is 0 Å². The molecule has 0 amide bonds. The van der Waals surface area contributed by atoms with E-state index < -0.39 is 0 Å². The summed E-state index contributed by atoms with van der Waals surface area (Å²) in [6.45, 7) is 8.70. The fraction of sp³-hybridized carbons (Fsp3) is 0.611. The first-order valence-corrected chi connectivity index (χ1v) is 8.06. The molecule has 1 fully saturated rings. The maximum atomic E-state index is 12.1. The van der Waals surface area contributed by atoms with Crippen LogP contribution in [-0.4, -0.2) is 5.78 Å². The lowest BCUT2D eigenvalue weighted by Gasteiger charge is -2.26. The van der Waals surface area contributed by atoms with E-state index in [0.29, 0.717) is 23.5 Å². The molecule has 0 spiro atoms. The zero-order valence-corrected chi connectivity index (χ0v) is 13.7. The lowest BCUT2D eigenvalue weighted by molar-refractivity contribution is -0.123. The Morgan fingerprint density at radius 3 is 2.60 bits per heavy atom. The molecule has 20 heavy (non-hydrogen) atoms. The van der Waals surface area contributed by atoms with Crippen molar-refractivity contribution in [2.75, 3.05) is 0 Å². The summed E-state index contributed by atoms with van der Waals surface area (Å²) in [7, 11) is 0. The van der Waals surface area contributed by atoms with Crippen molar-refractivity contribution in [1.82, 2.24) is 0 Å². The molecule has 0 aromatic heterocycles. The number of hydrogen-bond acceptors (Lipinski definition) is 1. The average molecular weight is 293 g/mol. The summed E-state index contributed by atoms with van der Waals surface area (Å²) >= 11 is 6.18. The topological polar surface area (TPSA) is 17.1 Å². The fourth-order valence-corrected chi connectivity index (χ4v) is 3.63. The van der Waals surface area contributed by atoms with Gasteiger partial charge in [0.25, 0.3) is 0 Å².